The van der Waals surface area contributed by atoms with Crippen LogP contribution in [0.3, 0.4) is 0 Å². The van der Waals surface area contributed by atoms with Crippen LogP contribution in [0.2, 0.25) is 0 Å². The molecular formula is C21H28N4O3S. The number of hydrogen-bond acceptors (Lipinski definition) is 6. The van der Waals surface area contributed by atoms with Gasteiger partial charge in [0.25, 0.3) is 5.91 Å². The molecule has 1 aromatic heterocycles. The molecule has 156 valence electrons. The lowest BCUT2D eigenvalue weighted by Gasteiger charge is -2.30. The van der Waals surface area contributed by atoms with Crippen molar-refractivity contribution < 1.29 is 14.3 Å². The third kappa shape index (κ3) is 6.27. The van der Waals surface area contributed by atoms with Crippen LogP contribution < -0.4 is 15.4 Å². The van der Waals surface area contributed by atoms with Gasteiger partial charge in [0.2, 0.25) is 5.91 Å². The van der Waals surface area contributed by atoms with Gasteiger partial charge in [-0.05, 0) is 57.1 Å². The predicted molar refractivity (Wildman–Crippen MR) is 113 cm³/mol. The highest BCUT2D eigenvalue weighted by molar-refractivity contribution is 7.09. The molecule has 2 aromatic rings. The van der Waals surface area contributed by atoms with Crippen molar-refractivity contribution in [3.05, 3.63) is 45.9 Å². The first-order chi connectivity index (χ1) is 14.0. The Balaban J connectivity index is 1.32. The van der Waals surface area contributed by atoms with Gasteiger partial charge in [0.15, 0.2) is 0 Å². The van der Waals surface area contributed by atoms with Gasteiger partial charge in [-0.1, -0.05) is 0 Å². The van der Waals surface area contributed by atoms with Crippen LogP contribution in [-0.2, 0) is 11.3 Å². The number of thiazole rings is 1. The topological polar surface area (TPSA) is 83.6 Å². The third-order valence-electron chi connectivity index (χ3n) is 5.07. The zero-order chi connectivity index (χ0) is 20.6. The monoisotopic (exact) mass is 416 g/mol. The highest BCUT2D eigenvalue weighted by Crippen LogP contribution is 2.20. The molecule has 0 radical (unpaired) electrons. The van der Waals surface area contributed by atoms with Gasteiger partial charge >= 0.3 is 0 Å². The van der Waals surface area contributed by atoms with Crippen LogP contribution >= 0.6 is 11.3 Å². The summed E-state index contributed by atoms with van der Waals surface area (Å²) in [5.41, 5.74) is 1.68. The lowest BCUT2D eigenvalue weighted by atomic mass is 9.96. The molecule has 7 nitrogen and oxygen atoms in total. The zero-order valence-electron chi connectivity index (χ0n) is 16.9. The lowest BCUT2D eigenvalue weighted by Crippen LogP contribution is -2.42. The standard InChI is InChI=1S/C21H28N4O3S/c1-15-24-18(14-29-15)13-25-11-7-17(8-12-25)21(27)23-10-9-22-20(26)16-3-5-19(28-2)6-4-16/h3-6,14,17H,7-13H2,1-2H3,(H,22,26)(H,23,27). The Labute approximate surface area is 175 Å². The summed E-state index contributed by atoms with van der Waals surface area (Å²) in [5, 5.41) is 8.96. The molecule has 0 bridgehead atoms. The molecule has 2 heterocycles. The predicted octanol–water partition coefficient (Wildman–Crippen LogP) is 2.22. The van der Waals surface area contributed by atoms with E-state index >= 15 is 0 Å². The van der Waals surface area contributed by atoms with Gasteiger partial charge in [0.05, 0.1) is 17.8 Å². The van der Waals surface area contributed by atoms with E-state index < -0.39 is 0 Å². The molecule has 0 unspecified atom stereocenters. The molecule has 0 atom stereocenters. The van der Waals surface area contributed by atoms with Crippen LogP contribution in [-0.4, -0.2) is 55.0 Å². The number of amides is 2. The fourth-order valence-corrected chi connectivity index (χ4v) is 4.02. The molecule has 1 fully saturated rings. The Morgan fingerprint density at radius 1 is 1.17 bits per heavy atom. The quantitative estimate of drug-likeness (QED) is 0.645. The molecule has 0 aliphatic carbocycles. The number of nitrogens with one attached hydrogen (secondary N) is 2. The van der Waals surface area contributed by atoms with E-state index in [0.717, 1.165) is 43.2 Å². The third-order valence-corrected chi connectivity index (χ3v) is 5.89. The Kier molecular flexibility index (Phi) is 7.60. The van der Waals surface area contributed by atoms with Crippen LogP contribution in [0.25, 0.3) is 0 Å². The number of hydrogen-bond donors (Lipinski definition) is 2. The zero-order valence-corrected chi connectivity index (χ0v) is 17.8. The van der Waals surface area contributed by atoms with E-state index in [1.807, 2.05) is 6.92 Å². The van der Waals surface area contributed by atoms with Gasteiger partial charge in [-0.2, -0.15) is 0 Å². The number of ether oxygens (including phenoxy) is 1. The molecule has 29 heavy (non-hydrogen) atoms. The van der Waals surface area contributed by atoms with E-state index in [1.54, 1.807) is 42.7 Å². The van der Waals surface area contributed by atoms with E-state index in [2.05, 4.69) is 25.9 Å². The first-order valence-corrected chi connectivity index (χ1v) is 10.8. The van der Waals surface area contributed by atoms with Crippen molar-refractivity contribution in [3.63, 3.8) is 0 Å². The number of carbonyl (C=O) groups is 2. The fraction of sp³-hybridized carbons (Fsp3) is 0.476. The van der Waals surface area contributed by atoms with Crippen LogP contribution in [0.5, 0.6) is 5.75 Å². The number of aryl methyl sites for hydroxylation is 1. The average molecular weight is 417 g/mol. The van der Waals surface area contributed by atoms with Gasteiger partial charge < -0.3 is 15.4 Å². The maximum absolute atomic E-state index is 12.4. The van der Waals surface area contributed by atoms with Crippen LogP contribution in [0.1, 0.15) is 33.9 Å². The van der Waals surface area contributed by atoms with Gasteiger partial charge in [0.1, 0.15) is 5.75 Å². The van der Waals surface area contributed by atoms with Crippen LogP contribution in [0, 0.1) is 12.8 Å². The summed E-state index contributed by atoms with van der Waals surface area (Å²) in [4.78, 5) is 31.4. The molecule has 0 spiro atoms. The lowest BCUT2D eigenvalue weighted by molar-refractivity contribution is -0.126. The second-order valence-electron chi connectivity index (χ2n) is 7.18. The van der Waals surface area contributed by atoms with Crippen molar-refractivity contribution in [2.45, 2.75) is 26.3 Å². The number of rotatable bonds is 8. The summed E-state index contributed by atoms with van der Waals surface area (Å²) in [7, 11) is 1.59. The summed E-state index contributed by atoms with van der Waals surface area (Å²) in [6.07, 6.45) is 1.71. The molecule has 2 amide bonds. The molecule has 1 saturated heterocycles. The molecule has 8 heteroatoms. The smallest absolute Gasteiger partial charge is 0.251 e. The second-order valence-corrected chi connectivity index (χ2v) is 8.25. The van der Waals surface area contributed by atoms with Crippen molar-refractivity contribution >= 4 is 23.2 Å². The van der Waals surface area contributed by atoms with E-state index in [0.29, 0.717) is 24.4 Å². The fourth-order valence-electron chi connectivity index (χ4n) is 3.41. The maximum atomic E-state index is 12.4. The first kappa shape index (κ1) is 21.3. The average Bonchev–Trinajstić information content (AvgIpc) is 3.16. The van der Waals surface area contributed by atoms with Crippen molar-refractivity contribution in [2.24, 2.45) is 5.92 Å². The Morgan fingerprint density at radius 3 is 2.48 bits per heavy atom. The summed E-state index contributed by atoms with van der Waals surface area (Å²) in [5.74, 6) is 0.669. The second kappa shape index (κ2) is 10.4. The number of methoxy groups -OCH3 is 1. The highest BCUT2D eigenvalue weighted by atomic mass is 32.1. The van der Waals surface area contributed by atoms with E-state index in [9.17, 15) is 9.59 Å². The minimum Gasteiger partial charge on any atom is -0.497 e. The summed E-state index contributed by atoms with van der Waals surface area (Å²) >= 11 is 1.67. The van der Waals surface area contributed by atoms with Crippen molar-refractivity contribution in [1.82, 2.24) is 20.5 Å². The summed E-state index contributed by atoms with van der Waals surface area (Å²) in [6.45, 7) is 5.52. The van der Waals surface area contributed by atoms with E-state index in [4.69, 9.17) is 4.74 Å². The largest absolute Gasteiger partial charge is 0.497 e. The maximum Gasteiger partial charge on any atom is 0.251 e. The van der Waals surface area contributed by atoms with E-state index in [-0.39, 0.29) is 17.7 Å². The Morgan fingerprint density at radius 2 is 1.86 bits per heavy atom. The van der Waals surface area contributed by atoms with Gasteiger partial charge in [0, 0.05) is 36.5 Å². The first-order valence-electron chi connectivity index (χ1n) is 9.88. The van der Waals surface area contributed by atoms with Gasteiger partial charge in [-0.3, -0.25) is 14.5 Å². The molecule has 2 N–H and O–H groups in total. The molecule has 1 aliphatic heterocycles. The van der Waals surface area contributed by atoms with Crippen LogP contribution in [0.15, 0.2) is 29.6 Å². The molecule has 1 aromatic carbocycles. The van der Waals surface area contributed by atoms with Crippen molar-refractivity contribution in [2.75, 3.05) is 33.3 Å². The number of aromatic nitrogens is 1. The SMILES string of the molecule is COc1ccc(C(=O)NCCNC(=O)C2CCN(Cc3csc(C)n3)CC2)cc1. The summed E-state index contributed by atoms with van der Waals surface area (Å²) in [6, 6.07) is 6.93. The normalized spacial score (nSPS) is 15.1. The molecule has 0 saturated carbocycles. The van der Waals surface area contributed by atoms with Gasteiger partial charge in [-0.15, -0.1) is 11.3 Å². The van der Waals surface area contributed by atoms with Crippen molar-refractivity contribution in [1.29, 1.82) is 0 Å². The molecule has 3 rings (SSSR count). The minimum absolute atomic E-state index is 0.0423. The molecule has 1 aliphatic rings. The number of carbonyl (C=O) groups excluding carboxylic acids is 2. The Bertz CT molecular complexity index is 814. The van der Waals surface area contributed by atoms with Crippen LogP contribution in [0.4, 0.5) is 0 Å². The number of nitrogens with zero attached hydrogens (tertiary/aromatic N) is 2. The minimum atomic E-state index is -0.160. The van der Waals surface area contributed by atoms with Gasteiger partial charge in [-0.25, -0.2) is 4.98 Å². The Hall–Kier alpha value is -2.45. The van der Waals surface area contributed by atoms with Crippen molar-refractivity contribution in [3.8, 4) is 5.75 Å². The summed E-state index contributed by atoms with van der Waals surface area (Å²) < 4.78 is 5.08. The van der Waals surface area contributed by atoms with E-state index in [1.165, 1.54) is 0 Å². The number of likely N-dealkylation sites (tertiary alicyclic amines) is 1. The molecular weight excluding hydrogens is 388 g/mol. The number of piperidine rings is 1. The highest BCUT2D eigenvalue weighted by Gasteiger charge is 2.25. The number of benzene rings is 1.